The van der Waals surface area contributed by atoms with Gasteiger partial charge in [-0.2, -0.15) is 0 Å². The predicted octanol–water partition coefficient (Wildman–Crippen LogP) is 0.744. The van der Waals surface area contributed by atoms with Gasteiger partial charge in [0.25, 0.3) is 0 Å². The number of rotatable bonds is 7. The quantitative estimate of drug-likeness (QED) is 0.771. The largest absolute Gasteiger partial charge is 0.492 e. The molecule has 0 aromatic heterocycles. The summed E-state index contributed by atoms with van der Waals surface area (Å²) in [5.74, 6) is 0.0145. The number of likely N-dealkylation sites (N-methyl/N-ethyl adjacent to an activating group) is 1. The highest BCUT2D eigenvalue weighted by Gasteiger charge is 2.34. The summed E-state index contributed by atoms with van der Waals surface area (Å²) in [4.78, 5) is 14.6. The van der Waals surface area contributed by atoms with Crippen molar-refractivity contribution in [3.05, 3.63) is 29.3 Å². The summed E-state index contributed by atoms with van der Waals surface area (Å²) in [6.45, 7) is 6.45. The molecular weight excluding hydrogens is 296 g/mol. The van der Waals surface area contributed by atoms with Crippen molar-refractivity contribution in [2.24, 2.45) is 0 Å². The van der Waals surface area contributed by atoms with Crippen molar-refractivity contribution < 1.29 is 19.7 Å². The molecule has 23 heavy (non-hydrogen) atoms. The number of carbonyl (C=O) groups is 1. The normalized spacial score (nSPS) is 21.8. The first kappa shape index (κ1) is 17.7. The summed E-state index contributed by atoms with van der Waals surface area (Å²) in [7, 11) is 1.73. The van der Waals surface area contributed by atoms with E-state index in [1.807, 2.05) is 26.0 Å². The molecule has 0 amide bonds. The van der Waals surface area contributed by atoms with Gasteiger partial charge in [-0.3, -0.25) is 14.6 Å². The van der Waals surface area contributed by atoms with E-state index in [0.29, 0.717) is 26.2 Å². The van der Waals surface area contributed by atoms with Crippen LogP contribution in [0.5, 0.6) is 5.75 Å². The second-order valence-corrected chi connectivity index (χ2v) is 6.32. The number of carboxylic acids is 1. The maximum atomic E-state index is 10.8. The number of nitrogens with zero attached hydrogens (tertiary/aromatic N) is 2. The number of aliphatic hydroxyl groups is 1. The first-order valence-electron chi connectivity index (χ1n) is 7.89. The van der Waals surface area contributed by atoms with E-state index >= 15 is 0 Å². The molecule has 128 valence electrons. The fraction of sp³-hybridized carbons (Fsp3) is 0.588. The molecule has 2 N–H and O–H groups in total. The maximum absolute atomic E-state index is 10.8. The fourth-order valence-corrected chi connectivity index (χ4v) is 2.94. The molecule has 1 unspecified atom stereocenters. The minimum absolute atomic E-state index is 0.0610. The Kier molecular flexibility index (Phi) is 5.98. The lowest BCUT2D eigenvalue weighted by atomic mass is 10.1. The van der Waals surface area contributed by atoms with E-state index in [-0.39, 0.29) is 12.6 Å². The number of benzene rings is 1. The molecule has 1 saturated heterocycles. The molecule has 0 aliphatic carbocycles. The zero-order chi connectivity index (χ0) is 17.0. The number of carboxylic acid groups (broad SMARTS) is 1. The van der Waals surface area contributed by atoms with Crippen LogP contribution >= 0.6 is 0 Å². The van der Waals surface area contributed by atoms with Crippen LogP contribution in [0.4, 0.5) is 0 Å². The van der Waals surface area contributed by atoms with Crippen molar-refractivity contribution in [1.82, 2.24) is 9.80 Å². The molecule has 6 heteroatoms. The standard InChI is InChI=1S/C17H26N2O4/c1-12-4-5-13(2)16(8-12)23-7-6-19-9-14(15(20)10-19)18(3)11-17(21)22/h4-5,8,14-15,20H,6-7,9-11H2,1-3H3,(H,21,22)/t14?,15-/m1/s1. The number of β-amino-alcohol motifs (C(OH)–C–C–N with tert-alkyl or cyclic N) is 1. The van der Waals surface area contributed by atoms with Crippen LogP contribution in [-0.2, 0) is 4.79 Å². The van der Waals surface area contributed by atoms with E-state index in [1.165, 1.54) is 0 Å². The molecule has 2 rings (SSSR count). The van der Waals surface area contributed by atoms with Gasteiger partial charge in [-0.05, 0) is 38.1 Å². The van der Waals surface area contributed by atoms with E-state index in [1.54, 1.807) is 11.9 Å². The van der Waals surface area contributed by atoms with E-state index in [0.717, 1.165) is 16.9 Å². The van der Waals surface area contributed by atoms with Crippen LogP contribution in [0.1, 0.15) is 11.1 Å². The average molecular weight is 322 g/mol. The lowest BCUT2D eigenvalue weighted by Gasteiger charge is -2.24. The number of hydrogen-bond donors (Lipinski definition) is 2. The maximum Gasteiger partial charge on any atom is 0.317 e. The van der Waals surface area contributed by atoms with Crippen molar-refractivity contribution in [2.75, 3.05) is 39.8 Å². The van der Waals surface area contributed by atoms with Crippen LogP contribution in [0.2, 0.25) is 0 Å². The van der Waals surface area contributed by atoms with Gasteiger partial charge in [-0.15, -0.1) is 0 Å². The molecule has 2 atom stereocenters. The minimum Gasteiger partial charge on any atom is -0.492 e. The second kappa shape index (κ2) is 7.77. The van der Waals surface area contributed by atoms with Crippen molar-refractivity contribution in [3.63, 3.8) is 0 Å². The van der Waals surface area contributed by atoms with Crippen LogP contribution in [0, 0.1) is 13.8 Å². The topological polar surface area (TPSA) is 73.2 Å². The first-order chi connectivity index (χ1) is 10.9. The number of ether oxygens (including phenoxy) is 1. The summed E-state index contributed by atoms with van der Waals surface area (Å²) in [6.07, 6.45) is -0.528. The molecule has 0 saturated carbocycles. The van der Waals surface area contributed by atoms with E-state index in [2.05, 4.69) is 11.0 Å². The van der Waals surface area contributed by atoms with Crippen LogP contribution in [0.3, 0.4) is 0 Å². The molecule has 0 spiro atoms. The van der Waals surface area contributed by atoms with E-state index < -0.39 is 12.1 Å². The Balaban J connectivity index is 1.81. The molecule has 0 bridgehead atoms. The Morgan fingerprint density at radius 1 is 1.39 bits per heavy atom. The Morgan fingerprint density at radius 3 is 2.83 bits per heavy atom. The van der Waals surface area contributed by atoms with Crippen LogP contribution in [-0.4, -0.2) is 78.0 Å². The molecule has 1 fully saturated rings. The molecule has 1 heterocycles. The van der Waals surface area contributed by atoms with Crippen LogP contribution in [0.25, 0.3) is 0 Å². The lowest BCUT2D eigenvalue weighted by molar-refractivity contribution is -0.138. The van der Waals surface area contributed by atoms with Gasteiger partial charge in [0.1, 0.15) is 12.4 Å². The van der Waals surface area contributed by atoms with Crippen molar-refractivity contribution >= 4 is 5.97 Å². The lowest BCUT2D eigenvalue weighted by Crippen LogP contribution is -2.43. The van der Waals surface area contributed by atoms with Gasteiger partial charge in [0.15, 0.2) is 0 Å². The van der Waals surface area contributed by atoms with Gasteiger partial charge in [0.2, 0.25) is 0 Å². The molecule has 1 aromatic carbocycles. The fourth-order valence-electron chi connectivity index (χ4n) is 2.94. The Labute approximate surface area is 137 Å². The zero-order valence-electron chi connectivity index (χ0n) is 14.0. The van der Waals surface area contributed by atoms with Crippen LogP contribution < -0.4 is 4.74 Å². The number of likely N-dealkylation sites (tertiary alicyclic amines) is 1. The average Bonchev–Trinajstić information content (AvgIpc) is 2.83. The van der Waals surface area contributed by atoms with Crippen molar-refractivity contribution in [1.29, 1.82) is 0 Å². The molecular formula is C17H26N2O4. The summed E-state index contributed by atoms with van der Waals surface area (Å²) >= 11 is 0. The van der Waals surface area contributed by atoms with Gasteiger partial charge >= 0.3 is 5.97 Å². The summed E-state index contributed by atoms with van der Waals surface area (Å²) in [5.41, 5.74) is 2.27. The first-order valence-corrected chi connectivity index (χ1v) is 7.89. The third kappa shape index (κ3) is 4.92. The molecule has 1 aliphatic rings. The SMILES string of the molecule is Cc1ccc(C)c(OCCN2CC(N(C)CC(=O)O)[C@H](O)C2)c1. The molecule has 1 aromatic rings. The van der Waals surface area contributed by atoms with Gasteiger partial charge in [-0.25, -0.2) is 0 Å². The molecule has 6 nitrogen and oxygen atoms in total. The highest BCUT2D eigenvalue weighted by molar-refractivity contribution is 5.69. The Hall–Kier alpha value is -1.63. The Morgan fingerprint density at radius 2 is 2.13 bits per heavy atom. The Bertz CT molecular complexity index is 549. The van der Waals surface area contributed by atoms with Gasteiger partial charge in [-0.1, -0.05) is 12.1 Å². The highest BCUT2D eigenvalue weighted by Crippen LogP contribution is 2.20. The molecule has 0 radical (unpaired) electrons. The second-order valence-electron chi connectivity index (χ2n) is 6.32. The van der Waals surface area contributed by atoms with Crippen molar-refractivity contribution in [3.8, 4) is 5.75 Å². The summed E-state index contributed by atoms with van der Waals surface area (Å²) in [6, 6.07) is 5.98. The van der Waals surface area contributed by atoms with Gasteiger partial charge < -0.3 is 14.9 Å². The third-order valence-corrected chi connectivity index (χ3v) is 4.29. The highest BCUT2D eigenvalue weighted by atomic mass is 16.5. The number of hydrogen-bond acceptors (Lipinski definition) is 5. The smallest absolute Gasteiger partial charge is 0.317 e. The molecule has 1 aliphatic heterocycles. The third-order valence-electron chi connectivity index (χ3n) is 4.29. The van der Waals surface area contributed by atoms with Crippen molar-refractivity contribution in [2.45, 2.75) is 26.0 Å². The predicted molar refractivity (Wildman–Crippen MR) is 87.9 cm³/mol. The number of aryl methyl sites for hydroxylation is 2. The number of aliphatic carboxylic acids is 1. The van der Waals surface area contributed by atoms with E-state index in [4.69, 9.17) is 9.84 Å². The summed E-state index contributed by atoms with van der Waals surface area (Å²) in [5, 5.41) is 19.0. The van der Waals surface area contributed by atoms with Gasteiger partial charge in [0, 0.05) is 25.7 Å². The van der Waals surface area contributed by atoms with Gasteiger partial charge in [0.05, 0.1) is 12.6 Å². The zero-order valence-corrected chi connectivity index (χ0v) is 14.0. The van der Waals surface area contributed by atoms with Crippen LogP contribution in [0.15, 0.2) is 18.2 Å². The minimum atomic E-state index is -0.878. The number of aliphatic hydroxyl groups excluding tert-OH is 1. The monoisotopic (exact) mass is 322 g/mol. The summed E-state index contributed by atoms with van der Waals surface area (Å²) < 4.78 is 5.84. The van der Waals surface area contributed by atoms with E-state index in [9.17, 15) is 9.90 Å².